The number of hydrogen-bond donors (Lipinski definition) is 1. The minimum Gasteiger partial charge on any atom is -0.377 e. The van der Waals surface area contributed by atoms with Crippen molar-refractivity contribution in [1.82, 2.24) is 15.1 Å². The molecule has 0 amide bonds. The number of nitrogens with one attached hydrogen (secondary N) is 1. The minimum absolute atomic E-state index is 0.287. The molecule has 5 heteroatoms. The number of halogens is 1. The van der Waals surface area contributed by atoms with Gasteiger partial charge in [0.2, 0.25) is 0 Å². The van der Waals surface area contributed by atoms with Crippen LogP contribution in [-0.4, -0.2) is 35.6 Å². The lowest BCUT2D eigenvalue weighted by molar-refractivity contribution is -0.00619. The summed E-state index contributed by atoms with van der Waals surface area (Å²) in [5, 5.41) is 8.50. The number of nitrogens with zero attached hydrogens (tertiary/aromatic N) is 2. The number of hydrogen-bond acceptors (Lipinski definition) is 3. The van der Waals surface area contributed by atoms with E-state index in [1.807, 2.05) is 25.7 Å². The minimum atomic E-state index is 0.287. The third-order valence-electron chi connectivity index (χ3n) is 3.71. The first-order valence-electron chi connectivity index (χ1n) is 6.60. The Morgan fingerprint density at radius 2 is 2.33 bits per heavy atom. The molecule has 4 nitrogen and oxygen atoms in total. The van der Waals surface area contributed by atoms with Gasteiger partial charge in [0.1, 0.15) is 0 Å². The van der Waals surface area contributed by atoms with E-state index in [0.29, 0.717) is 6.04 Å². The maximum Gasteiger partial charge on any atom is 0.0847 e. The molecule has 1 N–H and O–H groups in total. The largest absolute Gasteiger partial charge is 0.377 e. The molecule has 102 valence electrons. The summed E-state index contributed by atoms with van der Waals surface area (Å²) in [6, 6.07) is 0.303. The number of aryl methyl sites for hydroxylation is 2. The fourth-order valence-electron chi connectivity index (χ4n) is 2.61. The second kappa shape index (κ2) is 6.04. The Labute approximate surface area is 114 Å². The molecule has 1 fully saturated rings. The zero-order chi connectivity index (χ0) is 13.1. The summed E-state index contributed by atoms with van der Waals surface area (Å²) >= 11 is 6.30. The molecule has 2 unspecified atom stereocenters. The molecule has 1 aromatic heterocycles. The fraction of sp³-hybridized carbons (Fsp3) is 0.769. The van der Waals surface area contributed by atoms with Crippen molar-refractivity contribution in [2.45, 2.75) is 44.8 Å². The van der Waals surface area contributed by atoms with Gasteiger partial charge in [-0.15, -0.1) is 0 Å². The second-order valence-electron chi connectivity index (χ2n) is 4.97. The summed E-state index contributed by atoms with van der Waals surface area (Å²) < 4.78 is 7.73. The summed E-state index contributed by atoms with van der Waals surface area (Å²) in [7, 11) is 3.93. The summed E-state index contributed by atoms with van der Waals surface area (Å²) in [6.07, 6.45) is 4.70. The van der Waals surface area contributed by atoms with E-state index in [-0.39, 0.29) is 6.10 Å². The van der Waals surface area contributed by atoms with Gasteiger partial charge in [-0.2, -0.15) is 5.10 Å². The van der Waals surface area contributed by atoms with E-state index < -0.39 is 0 Å². The number of aromatic nitrogens is 2. The summed E-state index contributed by atoms with van der Waals surface area (Å²) in [5.41, 5.74) is 1.98. The van der Waals surface area contributed by atoms with Gasteiger partial charge in [-0.3, -0.25) is 4.68 Å². The normalized spacial score (nSPS) is 22.1. The Hall–Kier alpha value is -0.580. The molecule has 0 aliphatic carbocycles. The molecule has 2 rings (SSSR count). The Bertz CT molecular complexity index is 399. The van der Waals surface area contributed by atoms with E-state index in [1.54, 1.807) is 0 Å². The van der Waals surface area contributed by atoms with Crippen LogP contribution in [0.2, 0.25) is 5.02 Å². The van der Waals surface area contributed by atoms with E-state index in [2.05, 4.69) is 10.4 Å². The molecule has 1 aliphatic heterocycles. The van der Waals surface area contributed by atoms with Gasteiger partial charge in [-0.1, -0.05) is 11.6 Å². The highest BCUT2D eigenvalue weighted by atomic mass is 35.5. The van der Waals surface area contributed by atoms with Crippen LogP contribution in [0.1, 0.15) is 30.7 Å². The number of ether oxygens (including phenoxy) is 1. The lowest BCUT2D eigenvalue weighted by atomic mass is 9.98. The maximum absolute atomic E-state index is 6.30. The highest BCUT2D eigenvalue weighted by molar-refractivity contribution is 6.31. The van der Waals surface area contributed by atoms with Crippen LogP contribution < -0.4 is 5.32 Å². The van der Waals surface area contributed by atoms with Gasteiger partial charge in [-0.05, 0) is 33.2 Å². The van der Waals surface area contributed by atoms with E-state index >= 15 is 0 Å². The van der Waals surface area contributed by atoms with Crippen LogP contribution in [0.4, 0.5) is 0 Å². The van der Waals surface area contributed by atoms with Crippen LogP contribution in [0.5, 0.6) is 0 Å². The predicted molar refractivity (Wildman–Crippen MR) is 73.1 cm³/mol. The first-order valence-corrected chi connectivity index (χ1v) is 6.98. The van der Waals surface area contributed by atoms with Crippen LogP contribution in [0.15, 0.2) is 0 Å². The standard InChI is InChI=1S/C13H22ClN3O/c1-9-13(14)11(17(3)16-9)8-10(15-2)12-6-4-5-7-18-12/h10,12,15H,4-8H2,1-3H3. The summed E-state index contributed by atoms with van der Waals surface area (Å²) in [5.74, 6) is 0. The second-order valence-corrected chi connectivity index (χ2v) is 5.35. The van der Waals surface area contributed by atoms with E-state index in [4.69, 9.17) is 16.3 Å². The van der Waals surface area contributed by atoms with E-state index in [1.165, 1.54) is 12.8 Å². The Morgan fingerprint density at radius 3 is 2.83 bits per heavy atom. The van der Waals surface area contributed by atoms with Gasteiger partial charge in [0.25, 0.3) is 0 Å². The molecule has 0 bridgehead atoms. The highest BCUT2D eigenvalue weighted by Gasteiger charge is 2.25. The molecule has 18 heavy (non-hydrogen) atoms. The van der Waals surface area contributed by atoms with Crippen LogP contribution in [0.25, 0.3) is 0 Å². The molecule has 1 aliphatic rings. The van der Waals surface area contributed by atoms with Crippen LogP contribution in [0.3, 0.4) is 0 Å². The van der Waals surface area contributed by atoms with Crippen molar-refractivity contribution < 1.29 is 4.74 Å². The quantitative estimate of drug-likeness (QED) is 0.911. The van der Waals surface area contributed by atoms with Crippen molar-refractivity contribution in [3.63, 3.8) is 0 Å². The van der Waals surface area contributed by atoms with Crippen molar-refractivity contribution in [3.8, 4) is 0 Å². The molecule has 0 saturated carbocycles. The van der Waals surface area contributed by atoms with Gasteiger partial charge in [0.15, 0.2) is 0 Å². The third kappa shape index (κ3) is 2.87. The van der Waals surface area contributed by atoms with Crippen LogP contribution >= 0.6 is 11.6 Å². The zero-order valence-electron chi connectivity index (χ0n) is 11.4. The number of rotatable bonds is 4. The fourth-order valence-corrected chi connectivity index (χ4v) is 2.85. The van der Waals surface area contributed by atoms with E-state index in [0.717, 1.165) is 35.9 Å². The van der Waals surface area contributed by atoms with Crippen molar-refractivity contribution in [3.05, 3.63) is 16.4 Å². The van der Waals surface area contributed by atoms with Crippen LogP contribution in [0, 0.1) is 6.92 Å². The first-order chi connectivity index (χ1) is 8.63. The molecule has 0 radical (unpaired) electrons. The third-order valence-corrected chi connectivity index (χ3v) is 4.20. The molecule has 0 aromatic carbocycles. The van der Waals surface area contributed by atoms with Crippen LogP contribution in [-0.2, 0) is 18.2 Å². The Kier molecular flexibility index (Phi) is 4.65. The Morgan fingerprint density at radius 1 is 1.56 bits per heavy atom. The average Bonchev–Trinajstić information content (AvgIpc) is 2.62. The first kappa shape index (κ1) is 13.8. The van der Waals surface area contributed by atoms with Gasteiger partial charge in [-0.25, -0.2) is 0 Å². The monoisotopic (exact) mass is 271 g/mol. The topological polar surface area (TPSA) is 39.1 Å². The summed E-state index contributed by atoms with van der Waals surface area (Å²) in [4.78, 5) is 0. The molecular weight excluding hydrogens is 250 g/mol. The zero-order valence-corrected chi connectivity index (χ0v) is 12.1. The smallest absolute Gasteiger partial charge is 0.0847 e. The molecule has 1 saturated heterocycles. The van der Waals surface area contributed by atoms with Crippen molar-refractivity contribution in [2.75, 3.05) is 13.7 Å². The lowest BCUT2D eigenvalue weighted by Crippen LogP contribution is -2.43. The SMILES string of the molecule is CNC(Cc1c(Cl)c(C)nn1C)C1CCCCO1. The van der Waals surface area contributed by atoms with Gasteiger partial charge < -0.3 is 10.1 Å². The van der Waals surface area contributed by atoms with E-state index in [9.17, 15) is 0 Å². The maximum atomic E-state index is 6.30. The van der Waals surface area contributed by atoms with Crippen molar-refractivity contribution >= 4 is 11.6 Å². The Balaban J connectivity index is 2.09. The lowest BCUT2D eigenvalue weighted by Gasteiger charge is -2.30. The predicted octanol–water partition coefficient (Wildman–Crippen LogP) is 2.08. The molecule has 0 spiro atoms. The van der Waals surface area contributed by atoms with Crippen molar-refractivity contribution in [2.24, 2.45) is 7.05 Å². The summed E-state index contributed by atoms with van der Waals surface area (Å²) in [6.45, 7) is 2.82. The van der Waals surface area contributed by atoms with Gasteiger partial charge in [0, 0.05) is 26.1 Å². The molecule has 2 heterocycles. The average molecular weight is 272 g/mol. The highest BCUT2D eigenvalue weighted by Crippen LogP contribution is 2.24. The van der Waals surface area contributed by atoms with Gasteiger partial charge >= 0.3 is 0 Å². The number of likely N-dealkylation sites (N-methyl/N-ethyl adjacent to an activating group) is 1. The molecule has 1 aromatic rings. The van der Waals surface area contributed by atoms with Gasteiger partial charge in [0.05, 0.1) is 22.5 Å². The van der Waals surface area contributed by atoms with Crippen molar-refractivity contribution in [1.29, 1.82) is 0 Å². The molecule has 2 atom stereocenters. The molecular formula is C13H22ClN3O.